The van der Waals surface area contributed by atoms with Crippen LogP contribution in [0.15, 0.2) is 114 Å². The largest absolute Gasteiger partial charge is 0.497 e. The number of para-hydroxylation sites is 2. The molecule has 2 atom stereocenters. The lowest BCUT2D eigenvalue weighted by Crippen LogP contribution is -2.38. The number of ketones is 1. The van der Waals surface area contributed by atoms with Crippen molar-refractivity contribution in [2.24, 2.45) is 0 Å². The zero-order valence-corrected chi connectivity index (χ0v) is 22.3. The second-order valence-electron chi connectivity index (χ2n) is 10.1. The molecular weight excluding hydrogens is 518 g/mol. The van der Waals surface area contributed by atoms with Crippen LogP contribution in [0.3, 0.4) is 0 Å². The molecule has 8 nitrogen and oxygen atoms in total. The zero-order valence-electron chi connectivity index (χ0n) is 22.3. The van der Waals surface area contributed by atoms with Crippen LogP contribution in [-0.2, 0) is 4.79 Å². The first-order chi connectivity index (χ1) is 19.9. The highest BCUT2D eigenvalue weighted by molar-refractivity contribution is 6.12. The lowest BCUT2D eigenvalue weighted by molar-refractivity contribution is -0.384. The van der Waals surface area contributed by atoms with Crippen molar-refractivity contribution >= 4 is 28.8 Å². The lowest BCUT2D eigenvalue weighted by Gasteiger charge is -2.35. The SMILES string of the molecule is COc1ccc(C2C3=C(CC(c4cccc([N+](=O)[O-])c4)CC3=O)Nc3ccccc3N2C(=O)c2ccccc2)cc1. The molecular formula is C33H27N3O5. The normalized spacial score (nSPS) is 18.1. The molecule has 1 aliphatic carbocycles. The second kappa shape index (κ2) is 10.7. The van der Waals surface area contributed by atoms with E-state index in [1.54, 1.807) is 36.3 Å². The van der Waals surface area contributed by atoms with Crippen LogP contribution in [0.25, 0.3) is 0 Å². The van der Waals surface area contributed by atoms with Crippen molar-refractivity contribution in [3.05, 3.63) is 141 Å². The fourth-order valence-electron chi connectivity index (χ4n) is 5.76. The maximum Gasteiger partial charge on any atom is 0.269 e. The maximum atomic E-state index is 14.3. The number of nitrogens with one attached hydrogen (secondary N) is 1. The Bertz CT molecular complexity index is 1680. The zero-order chi connectivity index (χ0) is 28.5. The van der Waals surface area contributed by atoms with Crippen LogP contribution in [0, 0.1) is 10.1 Å². The standard InChI is InChI=1S/C33H27N3O5/c1-41-26-16-14-21(15-17-26)32-31-28(19-24(20-30(31)37)23-10-7-11-25(18-23)36(39)40)34-27-12-5-6-13-29(27)35(32)33(38)22-8-3-2-4-9-22/h2-18,24,32,34H,19-20H2,1H3. The van der Waals surface area contributed by atoms with Crippen molar-refractivity contribution in [3.8, 4) is 5.75 Å². The van der Waals surface area contributed by atoms with Gasteiger partial charge in [-0.05, 0) is 59.9 Å². The van der Waals surface area contributed by atoms with Gasteiger partial charge in [0.05, 0.1) is 29.4 Å². The Morgan fingerprint density at radius 3 is 2.37 bits per heavy atom. The van der Waals surface area contributed by atoms with Gasteiger partial charge in [0, 0.05) is 35.4 Å². The van der Waals surface area contributed by atoms with E-state index in [-0.39, 0.29) is 29.7 Å². The molecule has 2 aliphatic rings. The summed E-state index contributed by atoms with van der Waals surface area (Å²) < 4.78 is 5.38. The number of methoxy groups -OCH3 is 1. The topological polar surface area (TPSA) is 102 Å². The summed E-state index contributed by atoms with van der Waals surface area (Å²) in [5, 5.41) is 14.9. The molecule has 1 amide bonds. The number of non-ortho nitro benzene ring substituents is 1. The van der Waals surface area contributed by atoms with E-state index in [4.69, 9.17) is 4.74 Å². The lowest BCUT2D eigenvalue weighted by atomic mass is 9.78. The van der Waals surface area contributed by atoms with Crippen molar-refractivity contribution in [2.45, 2.75) is 24.8 Å². The highest BCUT2D eigenvalue weighted by Gasteiger charge is 2.42. The number of benzene rings is 4. The number of anilines is 2. The van der Waals surface area contributed by atoms with E-state index >= 15 is 0 Å². The first-order valence-corrected chi connectivity index (χ1v) is 13.3. The number of nitrogens with zero attached hydrogens (tertiary/aromatic N) is 2. The van der Waals surface area contributed by atoms with Gasteiger partial charge in [-0.1, -0.05) is 54.6 Å². The number of carbonyl (C=O) groups is 2. The highest BCUT2D eigenvalue weighted by Crippen LogP contribution is 2.48. The smallest absolute Gasteiger partial charge is 0.269 e. The van der Waals surface area contributed by atoms with E-state index in [2.05, 4.69) is 5.32 Å². The van der Waals surface area contributed by atoms with Crippen molar-refractivity contribution in [1.29, 1.82) is 0 Å². The summed E-state index contributed by atoms with van der Waals surface area (Å²) in [6.07, 6.45) is 0.620. The molecule has 1 heterocycles. The van der Waals surface area contributed by atoms with Crippen LogP contribution in [0.2, 0.25) is 0 Å². The summed E-state index contributed by atoms with van der Waals surface area (Å²) in [5.41, 5.74) is 4.56. The molecule has 4 aromatic rings. The monoisotopic (exact) mass is 545 g/mol. The van der Waals surface area contributed by atoms with Crippen LogP contribution in [0.4, 0.5) is 17.1 Å². The predicted octanol–water partition coefficient (Wildman–Crippen LogP) is 6.82. The molecule has 1 N–H and O–H groups in total. The van der Waals surface area contributed by atoms with E-state index < -0.39 is 11.0 Å². The number of nitro benzene ring substituents is 1. The minimum atomic E-state index is -0.710. The van der Waals surface area contributed by atoms with Crippen molar-refractivity contribution in [1.82, 2.24) is 0 Å². The van der Waals surface area contributed by atoms with Gasteiger partial charge in [0.15, 0.2) is 5.78 Å². The number of rotatable bonds is 5. The minimum Gasteiger partial charge on any atom is -0.497 e. The Kier molecular flexibility index (Phi) is 6.81. The van der Waals surface area contributed by atoms with Crippen LogP contribution >= 0.6 is 0 Å². The summed E-state index contributed by atoms with van der Waals surface area (Å²) in [4.78, 5) is 41.1. The number of hydrogen-bond donors (Lipinski definition) is 1. The third kappa shape index (κ3) is 4.84. The molecule has 41 heavy (non-hydrogen) atoms. The summed E-state index contributed by atoms with van der Waals surface area (Å²) in [5.74, 6) is 0.0585. The first-order valence-electron chi connectivity index (χ1n) is 13.3. The van der Waals surface area contributed by atoms with Gasteiger partial charge in [-0.2, -0.15) is 0 Å². The molecule has 1 aliphatic heterocycles. The van der Waals surface area contributed by atoms with E-state index in [0.717, 1.165) is 11.1 Å². The summed E-state index contributed by atoms with van der Waals surface area (Å²) in [7, 11) is 1.59. The molecule has 0 aromatic heterocycles. The Hall–Kier alpha value is -5.24. The third-order valence-corrected chi connectivity index (χ3v) is 7.71. The average molecular weight is 546 g/mol. The number of ether oxygens (including phenoxy) is 1. The minimum absolute atomic E-state index is 0.00959. The van der Waals surface area contributed by atoms with Gasteiger partial charge in [-0.15, -0.1) is 0 Å². The number of allylic oxidation sites excluding steroid dienone is 1. The number of amides is 1. The van der Waals surface area contributed by atoms with Gasteiger partial charge in [0.2, 0.25) is 0 Å². The first kappa shape index (κ1) is 26.0. The van der Waals surface area contributed by atoms with E-state index in [1.807, 2.05) is 72.8 Å². The molecule has 0 saturated carbocycles. The predicted molar refractivity (Wildman–Crippen MR) is 156 cm³/mol. The molecule has 0 spiro atoms. The molecule has 6 rings (SSSR count). The molecule has 4 aromatic carbocycles. The van der Waals surface area contributed by atoms with Crippen LogP contribution in [0.1, 0.15) is 46.3 Å². The third-order valence-electron chi connectivity index (χ3n) is 7.71. The van der Waals surface area contributed by atoms with Gasteiger partial charge in [0.1, 0.15) is 5.75 Å². The summed E-state index contributed by atoms with van der Waals surface area (Å²) in [6.45, 7) is 0. The van der Waals surface area contributed by atoms with Crippen LogP contribution in [-0.4, -0.2) is 23.7 Å². The quantitative estimate of drug-likeness (QED) is 0.218. The van der Waals surface area contributed by atoms with Gasteiger partial charge in [-0.25, -0.2) is 0 Å². The fraction of sp³-hybridized carbons (Fsp3) is 0.152. The van der Waals surface area contributed by atoms with Crippen molar-refractivity contribution in [3.63, 3.8) is 0 Å². The molecule has 0 radical (unpaired) electrons. The van der Waals surface area contributed by atoms with E-state index in [1.165, 1.54) is 6.07 Å². The molecule has 204 valence electrons. The van der Waals surface area contributed by atoms with Crippen LogP contribution in [0.5, 0.6) is 5.75 Å². The number of Topliss-reactive ketones (excluding diaryl/α,β-unsaturated/α-hetero) is 1. The highest BCUT2D eigenvalue weighted by atomic mass is 16.6. The molecule has 0 fully saturated rings. The Morgan fingerprint density at radius 1 is 0.902 bits per heavy atom. The van der Waals surface area contributed by atoms with Crippen LogP contribution < -0.4 is 15.0 Å². The number of hydrogen-bond acceptors (Lipinski definition) is 6. The molecule has 0 bridgehead atoms. The molecule has 0 saturated heterocycles. The Balaban J connectivity index is 1.54. The van der Waals surface area contributed by atoms with Gasteiger partial charge >= 0.3 is 0 Å². The Morgan fingerprint density at radius 2 is 1.63 bits per heavy atom. The number of fused-ring (bicyclic) bond motifs is 1. The Labute approximate surface area is 237 Å². The summed E-state index contributed by atoms with van der Waals surface area (Å²) in [6, 6.07) is 29.7. The van der Waals surface area contributed by atoms with E-state index in [9.17, 15) is 19.7 Å². The molecule has 2 unspecified atom stereocenters. The fourth-order valence-corrected chi connectivity index (χ4v) is 5.76. The summed E-state index contributed by atoms with van der Waals surface area (Å²) >= 11 is 0. The van der Waals surface area contributed by atoms with Crippen molar-refractivity contribution < 1.29 is 19.2 Å². The van der Waals surface area contributed by atoms with Gasteiger partial charge in [0.25, 0.3) is 11.6 Å². The maximum absolute atomic E-state index is 14.3. The van der Waals surface area contributed by atoms with Crippen molar-refractivity contribution in [2.75, 3.05) is 17.3 Å². The number of carbonyl (C=O) groups excluding carboxylic acids is 2. The second-order valence-corrected chi connectivity index (χ2v) is 10.1. The van der Waals surface area contributed by atoms with Gasteiger partial charge < -0.3 is 10.1 Å². The van der Waals surface area contributed by atoms with Gasteiger partial charge in [-0.3, -0.25) is 24.6 Å². The van der Waals surface area contributed by atoms with E-state index in [0.29, 0.717) is 40.4 Å². The average Bonchev–Trinajstić information content (AvgIpc) is 3.16. The number of nitro groups is 1. The molecule has 8 heteroatoms.